The summed E-state index contributed by atoms with van der Waals surface area (Å²) in [5, 5.41) is 3.12. The van der Waals surface area contributed by atoms with E-state index in [0.717, 1.165) is 11.3 Å². The summed E-state index contributed by atoms with van der Waals surface area (Å²) in [6.45, 7) is 1.99. The Bertz CT molecular complexity index is 469. The molecule has 0 radical (unpaired) electrons. The van der Waals surface area contributed by atoms with Crippen LogP contribution in [-0.4, -0.2) is 15.0 Å². The van der Waals surface area contributed by atoms with Gasteiger partial charge in [-0.2, -0.15) is 0 Å². The Labute approximate surface area is 87.4 Å². The summed E-state index contributed by atoms with van der Waals surface area (Å²) < 4.78 is 0. The van der Waals surface area contributed by atoms with Crippen molar-refractivity contribution in [2.75, 3.05) is 11.1 Å². The zero-order valence-corrected chi connectivity index (χ0v) is 8.31. The molecule has 0 aliphatic carbocycles. The first-order chi connectivity index (χ1) is 7.25. The van der Waals surface area contributed by atoms with Gasteiger partial charge in [-0.25, -0.2) is 9.97 Å². The summed E-state index contributed by atoms with van der Waals surface area (Å²) in [7, 11) is 0. The average molecular weight is 201 g/mol. The molecule has 0 amide bonds. The van der Waals surface area contributed by atoms with Crippen LogP contribution in [0.15, 0.2) is 30.9 Å². The van der Waals surface area contributed by atoms with Gasteiger partial charge in [0, 0.05) is 12.3 Å². The van der Waals surface area contributed by atoms with E-state index in [-0.39, 0.29) is 0 Å². The van der Waals surface area contributed by atoms with Crippen molar-refractivity contribution in [2.24, 2.45) is 0 Å². The Kier molecular flexibility index (Phi) is 2.45. The number of pyridine rings is 1. The van der Waals surface area contributed by atoms with Gasteiger partial charge in [-0.3, -0.25) is 4.98 Å². The summed E-state index contributed by atoms with van der Waals surface area (Å²) in [5.41, 5.74) is 7.56. The highest BCUT2D eigenvalue weighted by Gasteiger charge is 1.99. The van der Waals surface area contributed by atoms with Crippen molar-refractivity contribution in [2.45, 2.75) is 6.92 Å². The molecule has 15 heavy (non-hydrogen) atoms. The van der Waals surface area contributed by atoms with E-state index in [2.05, 4.69) is 20.3 Å². The van der Waals surface area contributed by atoms with Gasteiger partial charge in [0.05, 0.1) is 11.9 Å². The molecule has 0 fully saturated rings. The van der Waals surface area contributed by atoms with Crippen LogP contribution in [-0.2, 0) is 0 Å². The molecule has 2 aromatic rings. The fourth-order valence-electron chi connectivity index (χ4n) is 1.17. The van der Waals surface area contributed by atoms with Gasteiger partial charge in [0.25, 0.3) is 0 Å². The predicted octanol–water partition coefficient (Wildman–Crippen LogP) is 1.51. The van der Waals surface area contributed by atoms with Gasteiger partial charge in [0.15, 0.2) is 0 Å². The van der Waals surface area contributed by atoms with Crippen molar-refractivity contribution >= 4 is 17.3 Å². The monoisotopic (exact) mass is 201 g/mol. The van der Waals surface area contributed by atoms with E-state index >= 15 is 0 Å². The Morgan fingerprint density at radius 2 is 2.20 bits per heavy atom. The predicted molar refractivity (Wildman–Crippen MR) is 58.7 cm³/mol. The second-order valence-corrected chi connectivity index (χ2v) is 3.14. The topological polar surface area (TPSA) is 76.7 Å². The molecule has 0 saturated carbocycles. The maximum Gasteiger partial charge on any atom is 0.135 e. The van der Waals surface area contributed by atoms with Crippen LogP contribution in [0.4, 0.5) is 17.3 Å². The summed E-state index contributed by atoms with van der Waals surface area (Å²) in [5.74, 6) is 1.10. The van der Waals surface area contributed by atoms with Crippen LogP contribution in [0.2, 0.25) is 0 Å². The van der Waals surface area contributed by atoms with E-state index in [1.54, 1.807) is 18.5 Å². The highest BCUT2D eigenvalue weighted by Crippen LogP contribution is 2.17. The third kappa shape index (κ3) is 2.19. The molecule has 0 aromatic carbocycles. The minimum atomic E-state index is 0.439. The van der Waals surface area contributed by atoms with Crippen molar-refractivity contribution < 1.29 is 0 Å². The van der Waals surface area contributed by atoms with Crippen LogP contribution in [0, 0.1) is 6.92 Å². The number of aryl methyl sites for hydroxylation is 1. The number of nitrogen functional groups attached to an aromatic ring is 1. The van der Waals surface area contributed by atoms with Crippen molar-refractivity contribution in [1.82, 2.24) is 15.0 Å². The van der Waals surface area contributed by atoms with Crippen molar-refractivity contribution in [3.63, 3.8) is 0 Å². The minimum absolute atomic E-state index is 0.439. The molecule has 5 nitrogen and oxygen atoms in total. The first-order valence-electron chi connectivity index (χ1n) is 4.51. The lowest BCUT2D eigenvalue weighted by Gasteiger charge is -2.07. The van der Waals surface area contributed by atoms with Crippen LogP contribution in [0.5, 0.6) is 0 Å². The molecule has 2 rings (SSSR count). The number of hydrogen-bond donors (Lipinski definition) is 2. The standard InChI is InChI=1S/C10H11N5/c1-7-2-3-12-5-8(7)15-10-4-9(11)13-6-14-10/h2-6H,1H3,(H3,11,13,14,15). The zero-order valence-electron chi connectivity index (χ0n) is 8.31. The maximum atomic E-state index is 5.54. The summed E-state index contributed by atoms with van der Waals surface area (Å²) in [4.78, 5) is 11.9. The van der Waals surface area contributed by atoms with E-state index in [0.29, 0.717) is 11.6 Å². The van der Waals surface area contributed by atoms with E-state index in [4.69, 9.17) is 5.73 Å². The van der Waals surface area contributed by atoms with Gasteiger partial charge < -0.3 is 11.1 Å². The molecular weight excluding hydrogens is 190 g/mol. The van der Waals surface area contributed by atoms with Gasteiger partial charge >= 0.3 is 0 Å². The summed E-state index contributed by atoms with van der Waals surface area (Å²) in [6.07, 6.45) is 4.91. The van der Waals surface area contributed by atoms with Crippen molar-refractivity contribution in [3.05, 3.63) is 36.4 Å². The molecule has 2 aromatic heterocycles. The van der Waals surface area contributed by atoms with Gasteiger partial charge in [0.2, 0.25) is 0 Å². The molecule has 3 N–H and O–H groups in total. The van der Waals surface area contributed by atoms with Gasteiger partial charge in [-0.1, -0.05) is 0 Å². The minimum Gasteiger partial charge on any atom is -0.384 e. The lowest BCUT2D eigenvalue weighted by Crippen LogP contribution is -1.98. The van der Waals surface area contributed by atoms with Gasteiger partial charge in [-0.15, -0.1) is 0 Å². The van der Waals surface area contributed by atoms with Crippen molar-refractivity contribution in [1.29, 1.82) is 0 Å². The molecule has 76 valence electrons. The fourth-order valence-corrected chi connectivity index (χ4v) is 1.17. The zero-order chi connectivity index (χ0) is 10.7. The maximum absolute atomic E-state index is 5.54. The highest BCUT2D eigenvalue weighted by atomic mass is 15.0. The quantitative estimate of drug-likeness (QED) is 0.770. The Morgan fingerprint density at radius 3 is 2.93 bits per heavy atom. The van der Waals surface area contributed by atoms with E-state index in [1.807, 2.05) is 13.0 Å². The molecular formula is C10H11N5. The van der Waals surface area contributed by atoms with E-state index in [1.165, 1.54) is 6.33 Å². The Balaban J connectivity index is 2.26. The summed E-state index contributed by atoms with van der Waals surface area (Å²) in [6, 6.07) is 3.60. The largest absolute Gasteiger partial charge is 0.384 e. The molecule has 5 heteroatoms. The number of aromatic nitrogens is 3. The molecule has 0 spiro atoms. The number of nitrogens with one attached hydrogen (secondary N) is 1. The number of rotatable bonds is 2. The summed E-state index contributed by atoms with van der Waals surface area (Å²) >= 11 is 0. The molecule has 0 atom stereocenters. The lowest BCUT2D eigenvalue weighted by atomic mass is 10.2. The fraction of sp³-hybridized carbons (Fsp3) is 0.100. The SMILES string of the molecule is Cc1ccncc1Nc1cc(N)ncn1. The molecule has 0 saturated heterocycles. The van der Waals surface area contributed by atoms with Gasteiger partial charge in [-0.05, 0) is 18.6 Å². The number of anilines is 3. The number of nitrogens with zero attached hydrogens (tertiary/aromatic N) is 3. The van der Waals surface area contributed by atoms with Crippen molar-refractivity contribution in [3.8, 4) is 0 Å². The van der Waals surface area contributed by atoms with E-state index in [9.17, 15) is 0 Å². The third-order valence-electron chi connectivity index (χ3n) is 1.99. The number of nitrogens with two attached hydrogens (primary N) is 1. The molecule has 0 aliphatic heterocycles. The molecule has 0 bridgehead atoms. The second kappa shape index (κ2) is 3.91. The lowest BCUT2D eigenvalue weighted by molar-refractivity contribution is 1.17. The third-order valence-corrected chi connectivity index (χ3v) is 1.99. The van der Waals surface area contributed by atoms with Crippen LogP contribution >= 0.6 is 0 Å². The van der Waals surface area contributed by atoms with Crippen LogP contribution < -0.4 is 11.1 Å². The van der Waals surface area contributed by atoms with Crippen LogP contribution in [0.3, 0.4) is 0 Å². The Hall–Kier alpha value is -2.17. The Morgan fingerprint density at radius 1 is 1.33 bits per heavy atom. The average Bonchev–Trinajstić information content (AvgIpc) is 2.22. The second-order valence-electron chi connectivity index (χ2n) is 3.14. The smallest absolute Gasteiger partial charge is 0.135 e. The van der Waals surface area contributed by atoms with Crippen LogP contribution in [0.25, 0.3) is 0 Å². The normalized spacial score (nSPS) is 9.93. The first-order valence-corrected chi connectivity index (χ1v) is 4.51. The molecule has 0 unspecified atom stereocenters. The van der Waals surface area contributed by atoms with E-state index < -0.39 is 0 Å². The molecule has 2 heterocycles. The molecule has 0 aliphatic rings. The van der Waals surface area contributed by atoms with Gasteiger partial charge in [0.1, 0.15) is 18.0 Å². The first kappa shape index (κ1) is 9.39. The number of hydrogen-bond acceptors (Lipinski definition) is 5. The van der Waals surface area contributed by atoms with Crippen LogP contribution in [0.1, 0.15) is 5.56 Å². The highest BCUT2D eigenvalue weighted by molar-refractivity contribution is 5.60.